The lowest BCUT2D eigenvalue weighted by molar-refractivity contribution is -0.932. The normalized spacial score (nSPS) is 15.5. The number of hydrogen-bond acceptors (Lipinski definition) is 5. The van der Waals surface area contributed by atoms with E-state index in [-0.39, 0.29) is 6.04 Å². The van der Waals surface area contributed by atoms with Gasteiger partial charge in [0.25, 0.3) is 0 Å². The Kier molecular flexibility index (Phi) is 7.73. The van der Waals surface area contributed by atoms with Gasteiger partial charge in [0.05, 0.1) is 46.1 Å². The van der Waals surface area contributed by atoms with E-state index in [0.717, 1.165) is 44.1 Å². The molecule has 1 saturated heterocycles. The van der Waals surface area contributed by atoms with Gasteiger partial charge in [-0.15, -0.1) is 0 Å². The molecule has 0 radical (unpaired) electrons. The molecule has 8 nitrogen and oxygen atoms in total. The summed E-state index contributed by atoms with van der Waals surface area (Å²) < 4.78 is 10.9. The number of methoxy groups -OCH3 is 1. The molecule has 1 aromatic heterocycles. The summed E-state index contributed by atoms with van der Waals surface area (Å²) in [6.45, 7) is 6.37. The number of furan rings is 1. The molecule has 30 heavy (non-hydrogen) atoms. The maximum atomic E-state index is 12.1. The SMILES string of the molecule is CCCNC(=O)C(=O)NC[C@H](c1ccco1)[NH+]1CCN(c2ccc(OC)cc2)CC1. The van der Waals surface area contributed by atoms with E-state index in [0.29, 0.717) is 13.1 Å². The predicted octanol–water partition coefficient (Wildman–Crippen LogP) is 0.377. The molecule has 3 N–H and O–H groups in total. The van der Waals surface area contributed by atoms with Crippen molar-refractivity contribution >= 4 is 17.5 Å². The maximum absolute atomic E-state index is 12.1. The molecule has 0 aliphatic carbocycles. The number of piperazine rings is 1. The summed E-state index contributed by atoms with van der Waals surface area (Å²) in [4.78, 5) is 27.6. The fraction of sp³-hybridized carbons (Fsp3) is 0.455. The summed E-state index contributed by atoms with van der Waals surface area (Å²) in [5.41, 5.74) is 1.17. The minimum absolute atomic E-state index is 0.0408. The third-order valence-electron chi connectivity index (χ3n) is 5.43. The van der Waals surface area contributed by atoms with Crippen LogP contribution in [-0.4, -0.2) is 58.2 Å². The minimum Gasteiger partial charge on any atom is -0.497 e. The van der Waals surface area contributed by atoms with E-state index in [1.807, 2.05) is 31.2 Å². The standard InChI is InChI=1S/C22H30N4O4/c1-3-10-23-21(27)22(28)24-16-19(20-5-4-15-30-20)26-13-11-25(12-14-26)17-6-8-18(29-2)9-7-17/h4-9,15,19H,3,10-14,16H2,1-2H3,(H,23,27)(H,24,28)/p+1/t19-/m1/s1. The summed E-state index contributed by atoms with van der Waals surface area (Å²) in [5.74, 6) is 0.474. The Balaban J connectivity index is 1.58. The highest BCUT2D eigenvalue weighted by molar-refractivity contribution is 6.35. The van der Waals surface area contributed by atoms with E-state index in [4.69, 9.17) is 9.15 Å². The van der Waals surface area contributed by atoms with E-state index < -0.39 is 11.8 Å². The van der Waals surface area contributed by atoms with Crippen molar-refractivity contribution in [2.75, 3.05) is 51.3 Å². The topological polar surface area (TPSA) is 88.2 Å². The number of nitrogens with zero attached hydrogens (tertiary/aromatic N) is 1. The van der Waals surface area contributed by atoms with Gasteiger partial charge in [0.15, 0.2) is 11.8 Å². The van der Waals surface area contributed by atoms with Gasteiger partial charge < -0.3 is 29.6 Å². The third-order valence-corrected chi connectivity index (χ3v) is 5.43. The van der Waals surface area contributed by atoms with Crippen LogP contribution < -0.4 is 25.2 Å². The van der Waals surface area contributed by atoms with Gasteiger partial charge in [0, 0.05) is 12.2 Å². The third kappa shape index (κ3) is 5.54. The first kappa shape index (κ1) is 21.7. The summed E-state index contributed by atoms with van der Waals surface area (Å²) in [5, 5.41) is 5.38. The second kappa shape index (κ2) is 10.7. The number of amides is 2. The summed E-state index contributed by atoms with van der Waals surface area (Å²) in [6, 6.07) is 11.8. The highest BCUT2D eigenvalue weighted by Crippen LogP contribution is 2.19. The van der Waals surface area contributed by atoms with Crippen LogP contribution in [0.25, 0.3) is 0 Å². The second-order valence-corrected chi connectivity index (χ2v) is 7.38. The highest BCUT2D eigenvalue weighted by Gasteiger charge is 2.31. The number of carbonyl (C=O) groups is 2. The molecule has 0 bridgehead atoms. The van der Waals surface area contributed by atoms with Gasteiger partial charge in [-0.25, -0.2) is 0 Å². The molecule has 0 saturated carbocycles. The molecule has 0 spiro atoms. The molecule has 1 fully saturated rings. The first-order valence-electron chi connectivity index (χ1n) is 10.5. The number of anilines is 1. The van der Waals surface area contributed by atoms with Gasteiger partial charge in [0.2, 0.25) is 0 Å². The van der Waals surface area contributed by atoms with Crippen LogP contribution in [0.2, 0.25) is 0 Å². The van der Waals surface area contributed by atoms with Crippen molar-refractivity contribution in [2.45, 2.75) is 19.4 Å². The van der Waals surface area contributed by atoms with Crippen molar-refractivity contribution in [3.8, 4) is 5.75 Å². The summed E-state index contributed by atoms with van der Waals surface area (Å²) in [7, 11) is 1.66. The van der Waals surface area contributed by atoms with Crippen LogP contribution in [0, 0.1) is 0 Å². The smallest absolute Gasteiger partial charge is 0.309 e. The summed E-state index contributed by atoms with van der Waals surface area (Å²) in [6.07, 6.45) is 2.43. The lowest BCUT2D eigenvalue weighted by Crippen LogP contribution is -3.15. The number of rotatable bonds is 8. The van der Waals surface area contributed by atoms with Gasteiger partial charge in [-0.2, -0.15) is 0 Å². The Hall–Kier alpha value is -3.00. The minimum atomic E-state index is -0.601. The molecule has 0 unspecified atom stereocenters. The van der Waals surface area contributed by atoms with E-state index in [9.17, 15) is 9.59 Å². The molecule has 1 atom stereocenters. The first-order valence-corrected chi connectivity index (χ1v) is 10.5. The van der Waals surface area contributed by atoms with Crippen molar-refractivity contribution in [3.05, 3.63) is 48.4 Å². The fourth-order valence-electron chi connectivity index (χ4n) is 3.72. The molecular weight excluding hydrogens is 384 g/mol. The molecule has 1 aliphatic heterocycles. The van der Waals surface area contributed by atoms with E-state index >= 15 is 0 Å². The van der Waals surface area contributed by atoms with Crippen molar-refractivity contribution in [1.82, 2.24) is 10.6 Å². The molecule has 8 heteroatoms. The van der Waals surface area contributed by atoms with Gasteiger partial charge in [-0.1, -0.05) is 6.92 Å². The fourth-order valence-corrected chi connectivity index (χ4v) is 3.72. The first-order chi connectivity index (χ1) is 14.6. The van der Waals surface area contributed by atoms with E-state index in [1.54, 1.807) is 13.4 Å². The Morgan fingerprint density at radius 1 is 1.13 bits per heavy atom. The van der Waals surface area contributed by atoms with Crippen LogP contribution in [0.15, 0.2) is 47.1 Å². The van der Waals surface area contributed by atoms with Crippen molar-refractivity contribution in [3.63, 3.8) is 0 Å². The van der Waals surface area contributed by atoms with Gasteiger partial charge in [-0.05, 0) is 42.8 Å². The number of quaternary nitrogens is 1. The zero-order valence-electron chi connectivity index (χ0n) is 17.6. The largest absolute Gasteiger partial charge is 0.497 e. The van der Waals surface area contributed by atoms with Crippen molar-refractivity contribution in [1.29, 1.82) is 0 Å². The maximum Gasteiger partial charge on any atom is 0.309 e. The monoisotopic (exact) mass is 415 g/mol. The van der Waals surface area contributed by atoms with Crippen molar-refractivity contribution < 1.29 is 23.6 Å². The van der Waals surface area contributed by atoms with Gasteiger partial charge in [0.1, 0.15) is 5.75 Å². The van der Waals surface area contributed by atoms with Gasteiger partial charge in [-0.3, -0.25) is 9.59 Å². The Bertz CT molecular complexity index is 799. The number of hydrogen-bond donors (Lipinski definition) is 3. The lowest BCUT2D eigenvalue weighted by atomic mass is 10.1. The Labute approximate surface area is 177 Å². The average Bonchev–Trinajstić information content (AvgIpc) is 3.32. The molecule has 3 rings (SSSR count). The highest BCUT2D eigenvalue weighted by atomic mass is 16.5. The lowest BCUT2D eigenvalue weighted by Gasteiger charge is -2.37. The predicted molar refractivity (Wildman–Crippen MR) is 114 cm³/mol. The number of carbonyl (C=O) groups excluding carboxylic acids is 2. The summed E-state index contributed by atoms with van der Waals surface area (Å²) >= 11 is 0. The number of benzene rings is 1. The van der Waals surface area contributed by atoms with Crippen LogP contribution in [-0.2, 0) is 9.59 Å². The van der Waals surface area contributed by atoms with Crippen LogP contribution >= 0.6 is 0 Å². The van der Waals surface area contributed by atoms with Crippen LogP contribution in [0.5, 0.6) is 5.75 Å². The average molecular weight is 416 g/mol. The molecule has 2 amide bonds. The van der Waals surface area contributed by atoms with Crippen LogP contribution in [0.1, 0.15) is 25.1 Å². The Morgan fingerprint density at radius 3 is 2.43 bits per heavy atom. The second-order valence-electron chi connectivity index (χ2n) is 7.38. The zero-order chi connectivity index (χ0) is 21.3. The van der Waals surface area contributed by atoms with Crippen LogP contribution in [0.3, 0.4) is 0 Å². The van der Waals surface area contributed by atoms with Gasteiger partial charge >= 0.3 is 11.8 Å². The molecule has 2 aromatic rings. The number of nitrogens with one attached hydrogen (secondary N) is 3. The zero-order valence-corrected chi connectivity index (χ0v) is 17.6. The van der Waals surface area contributed by atoms with E-state index in [2.05, 4.69) is 27.7 Å². The molecular formula is C22H31N4O4+. The van der Waals surface area contributed by atoms with E-state index in [1.165, 1.54) is 10.6 Å². The number of ether oxygens (including phenoxy) is 1. The van der Waals surface area contributed by atoms with Crippen LogP contribution in [0.4, 0.5) is 5.69 Å². The molecule has 162 valence electrons. The molecule has 1 aromatic carbocycles. The molecule has 1 aliphatic rings. The van der Waals surface area contributed by atoms with Crippen molar-refractivity contribution in [2.24, 2.45) is 0 Å². The quantitative estimate of drug-likeness (QED) is 0.543. The molecule has 2 heterocycles. The Morgan fingerprint density at radius 2 is 1.83 bits per heavy atom.